The Morgan fingerprint density at radius 2 is 1.79 bits per heavy atom. The third-order valence-electron chi connectivity index (χ3n) is 2.45. The number of primary amides is 1. The van der Waals surface area contributed by atoms with Crippen molar-refractivity contribution in [1.82, 2.24) is 4.90 Å². The lowest BCUT2D eigenvalue weighted by atomic mass is 10.1. The van der Waals surface area contributed by atoms with Gasteiger partial charge >= 0.3 is 6.09 Å². The zero-order valence-electron chi connectivity index (χ0n) is 11.7. The van der Waals surface area contributed by atoms with Gasteiger partial charge in [-0.15, -0.1) is 0 Å². The van der Waals surface area contributed by atoms with Gasteiger partial charge < -0.3 is 10.5 Å². The summed E-state index contributed by atoms with van der Waals surface area (Å²) in [4.78, 5) is 24.8. The number of nitrogens with zero attached hydrogens (tertiary/aromatic N) is 1. The fraction of sp³-hybridized carbons (Fsp3) is 0.429. The summed E-state index contributed by atoms with van der Waals surface area (Å²) in [5.41, 5.74) is 5.42. The maximum Gasteiger partial charge on any atom is 0.410 e. The van der Waals surface area contributed by atoms with Crippen LogP contribution in [0.3, 0.4) is 0 Å². The van der Waals surface area contributed by atoms with Crippen molar-refractivity contribution < 1.29 is 15.8 Å². The monoisotopic (exact) mass is 266 g/mol. The topological polar surface area (TPSA) is 72.6 Å². The van der Waals surface area contributed by atoms with E-state index in [1.54, 1.807) is 45.0 Å². The van der Waals surface area contributed by atoms with Crippen molar-refractivity contribution in [3.8, 4) is 0 Å². The van der Waals surface area contributed by atoms with E-state index in [0.29, 0.717) is 5.56 Å². The van der Waals surface area contributed by atoms with Crippen LogP contribution < -0.4 is 5.73 Å². The highest BCUT2D eigenvalue weighted by Gasteiger charge is 2.29. The molecule has 0 aliphatic rings. The smallest absolute Gasteiger partial charge is 0.410 e. The molecule has 2 amide bonds. The van der Waals surface area contributed by atoms with E-state index < -0.39 is 23.6 Å². The van der Waals surface area contributed by atoms with Crippen LogP contribution >= 0.6 is 0 Å². The zero-order valence-corrected chi connectivity index (χ0v) is 11.7. The van der Waals surface area contributed by atoms with Crippen LogP contribution in [0.2, 0.25) is 0 Å². The van der Waals surface area contributed by atoms with Crippen molar-refractivity contribution in [2.45, 2.75) is 32.4 Å². The summed E-state index contributed by atoms with van der Waals surface area (Å²) < 4.78 is 5.23. The molecule has 106 valence electrons. The maximum atomic E-state index is 12.0. The molecule has 0 heterocycles. The highest BCUT2D eigenvalue weighted by molar-refractivity contribution is 5.85. The number of likely N-dealkylation sites (N-methyl/N-ethyl adjacent to an activating group) is 1. The summed E-state index contributed by atoms with van der Waals surface area (Å²) in [6.07, 6.45) is -0.583. The molecule has 19 heavy (non-hydrogen) atoms. The molecule has 0 saturated heterocycles. The average molecular weight is 266 g/mol. The van der Waals surface area contributed by atoms with Crippen molar-refractivity contribution >= 4 is 12.0 Å². The van der Waals surface area contributed by atoms with Gasteiger partial charge in [-0.05, 0) is 26.3 Å². The Morgan fingerprint density at radius 1 is 1.26 bits per heavy atom. The molecule has 0 radical (unpaired) electrons. The number of carbonyl (C=O) groups is 2. The van der Waals surface area contributed by atoms with E-state index in [-0.39, 0.29) is 1.43 Å². The van der Waals surface area contributed by atoms with Gasteiger partial charge in [-0.1, -0.05) is 30.3 Å². The Labute approximate surface area is 114 Å². The van der Waals surface area contributed by atoms with Crippen molar-refractivity contribution in [3.05, 3.63) is 35.9 Å². The minimum absolute atomic E-state index is 0. The first-order valence-electron chi connectivity index (χ1n) is 6.02. The lowest BCUT2D eigenvalue weighted by Crippen LogP contribution is -2.41. The lowest BCUT2D eigenvalue weighted by Gasteiger charge is -2.29. The van der Waals surface area contributed by atoms with E-state index in [1.165, 1.54) is 11.9 Å². The van der Waals surface area contributed by atoms with Gasteiger partial charge in [0.15, 0.2) is 0 Å². The molecule has 0 bridgehead atoms. The average Bonchev–Trinajstić information content (AvgIpc) is 2.27. The number of hydrogen-bond donors (Lipinski definition) is 1. The van der Waals surface area contributed by atoms with Crippen LogP contribution in [-0.4, -0.2) is 29.5 Å². The molecule has 0 unspecified atom stereocenters. The van der Waals surface area contributed by atoms with E-state index >= 15 is 0 Å². The van der Waals surface area contributed by atoms with Gasteiger partial charge in [0.05, 0.1) is 0 Å². The predicted molar refractivity (Wildman–Crippen MR) is 74.5 cm³/mol. The molecule has 0 spiro atoms. The van der Waals surface area contributed by atoms with E-state index in [1.807, 2.05) is 6.07 Å². The normalized spacial score (nSPS) is 12.6. The molecule has 1 rings (SSSR count). The molecule has 1 aromatic rings. The number of nitrogens with two attached hydrogens (primary N) is 1. The Bertz CT molecular complexity index is 457. The summed E-state index contributed by atoms with van der Waals surface area (Å²) >= 11 is 0. The highest BCUT2D eigenvalue weighted by Crippen LogP contribution is 2.21. The van der Waals surface area contributed by atoms with E-state index in [4.69, 9.17) is 10.5 Å². The molecule has 0 aliphatic heterocycles. The first-order valence-corrected chi connectivity index (χ1v) is 6.02. The van der Waals surface area contributed by atoms with Crippen LogP contribution in [0.25, 0.3) is 0 Å². The Balaban J connectivity index is 0.00000361. The third-order valence-corrected chi connectivity index (χ3v) is 2.45. The minimum Gasteiger partial charge on any atom is -0.444 e. The van der Waals surface area contributed by atoms with Crippen LogP contribution in [-0.2, 0) is 9.53 Å². The van der Waals surface area contributed by atoms with Crippen molar-refractivity contribution in [2.75, 3.05) is 7.05 Å². The number of rotatable bonds is 3. The fourth-order valence-electron chi connectivity index (χ4n) is 1.65. The molecule has 5 nitrogen and oxygen atoms in total. The Kier molecular flexibility index (Phi) is 4.53. The number of hydrogen-bond acceptors (Lipinski definition) is 3. The molecule has 2 N–H and O–H groups in total. The van der Waals surface area contributed by atoms with E-state index in [9.17, 15) is 9.59 Å². The second kappa shape index (κ2) is 5.73. The standard InChI is InChI=1S/C14H20N2O3.H2/c1-14(2,3)19-13(18)16(4)11(12(15)17)10-8-6-5-7-9-10;/h5-9,11H,1-4H3,(H2,15,17);1H/t11-;/m0./s1. The number of ether oxygens (including phenoxy) is 1. The summed E-state index contributed by atoms with van der Waals surface area (Å²) in [5.74, 6) is -0.598. The van der Waals surface area contributed by atoms with Gasteiger partial charge in [0.25, 0.3) is 0 Å². The second-order valence-electron chi connectivity index (χ2n) is 5.31. The van der Waals surface area contributed by atoms with Gasteiger partial charge in [-0.3, -0.25) is 9.69 Å². The van der Waals surface area contributed by atoms with Gasteiger partial charge in [-0.25, -0.2) is 4.79 Å². The molecule has 0 fully saturated rings. The third kappa shape index (κ3) is 4.28. The minimum atomic E-state index is -0.837. The molecular weight excluding hydrogens is 244 g/mol. The van der Waals surface area contributed by atoms with Crippen LogP contribution in [0, 0.1) is 0 Å². The second-order valence-corrected chi connectivity index (χ2v) is 5.31. The van der Waals surface area contributed by atoms with E-state index in [2.05, 4.69) is 0 Å². The van der Waals surface area contributed by atoms with Crippen LogP contribution in [0.15, 0.2) is 30.3 Å². The number of amides is 2. The molecular formula is C14H22N2O3. The molecule has 0 saturated carbocycles. The Hall–Kier alpha value is -2.04. The first kappa shape index (κ1) is 15.0. The highest BCUT2D eigenvalue weighted by atomic mass is 16.6. The molecule has 1 atom stereocenters. The molecule has 0 aromatic heterocycles. The molecule has 0 aliphatic carbocycles. The molecule has 5 heteroatoms. The Morgan fingerprint density at radius 3 is 2.21 bits per heavy atom. The summed E-state index contributed by atoms with van der Waals surface area (Å²) in [6.45, 7) is 5.29. The van der Waals surface area contributed by atoms with Crippen molar-refractivity contribution in [2.24, 2.45) is 5.73 Å². The first-order chi connectivity index (χ1) is 8.72. The fourth-order valence-corrected chi connectivity index (χ4v) is 1.65. The van der Waals surface area contributed by atoms with Crippen molar-refractivity contribution in [3.63, 3.8) is 0 Å². The van der Waals surface area contributed by atoms with Gasteiger partial charge in [0.1, 0.15) is 11.6 Å². The summed E-state index contributed by atoms with van der Waals surface area (Å²) in [5, 5.41) is 0. The van der Waals surface area contributed by atoms with Crippen molar-refractivity contribution in [1.29, 1.82) is 0 Å². The van der Waals surface area contributed by atoms with Crippen LogP contribution in [0.4, 0.5) is 4.79 Å². The van der Waals surface area contributed by atoms with Gasteiger partial charge in [0.2, 0.25) is 5.91 Å². The van der Waals surface area contributed by atoms with Crippen LogP contribution in [0.1, 0.15) is 33.8 Å². The largest absolute Gasteiger partial charge is 0.444 e. The van der Waals surface area contributed by atoms with Gasteiger partial charge in [-0.2, -0.15) is 0 Å². The predicted octanol–water partition coefficient (Wildman–Crippen LogP) is 2.33. The van der Waals surface area contributed by atoms with Gasteiger partial charge in [0, 0.05) is 8.47 Å². The SMILES string of the molecule is CN(C(=O)OC(C)(C)C)[C@H](C(N)=O)c1ccccc1.[HH]. The number of benzene rings is 1. The summed E-state index contributed by atoms with van der Waals surface area (Å²) in [7, 11) is 1.50. The number of carbonyl (C=O) groups excluding carboxylic acids is 2. The quantitative estimate of drug-likeness (QED) is 0.912. The lowest BCUT2D eigenvalue weighted by molar-refractivity contribution is -0.123. The summed E-state index contributed by atoms with van der Waals surface area (Å²) in [6, 6.07) is 8.06. The molecule has 1 aromatic carbocycles. The van der Waals surface area contributed by atoms with Crippen LogP contribution in [0.5, 0.6) is 0 Å². The zero-order chi connectivity index (χ0) is 14.6. The van der Waals surface area contributed by atoms with E-state index in [0.717, 1.165) is 0 Å². The maximum absolute atomic E-state index is 12.0.